The standard InChI is InChI=1S/C10H21NO2.H2O4S/c1-5-6-7-10(4,11)9(12)13-8(2)3;1-5(2,3)4/h8H,5-7,11H2,1-4H3;(H2,1,2,3,4). The summed E-state index contributed by atoms with van der Waals surface area (Å²) in [5.74, 6) is -0.295. The van der Waals surface area contributed by atoms with Gasteiger partial charge in [-0.25, -0.2) is 0 Å². The molecule has 0 radical (unpaired) electrons. The third-order valence-corrected chi connectivity index (χ3v) is 1.86. The molecule has 0 aliphatic carbocycles. The number of carbonyl (C=O) groups is 1. The first kappa shape index (κ1) is 19.6. The molecule has 0 spiro atoms. The topological polar surface area (TPSA) is 127 Å². The van der Waals surface area contributed by atoms with Crippen LogP contribution in [0.5, 0.6) is 0 Å². The second-order valence-electron chi connectivity index (χ2n) is 4.42. The van der Waals surface area contributed by atoms with E-state index in [9.17, 15) is 4.79 Å². The Kier molecular flexibility index (Phi) is 9.17. The minimum absolute atomic E-state index is 0.0861. The van der Waals surface area contributed by atoms with E-state index in [0.717, 1.165) is 12.8 Å². The van der Waals surface area contributed by atoms with Crippen LogP contribution in [0.1, 0.15) is 47.0 Å². The predicted molar refractivity (Wildman–Crippen MR) is 67.5 cm³/mol. The van der Waals surface area contributed by atoms with Crippen LogP contribution in [0.4, 0.5) is 0 Å². The van der Waals surface area contributed by atoms with E-state index in [2.05, 4.69) is 6.92 Å². The van der Waals surface area contributed by atoms with Crippen molar-refractivity contribution in [1.29, 1.82) is 0 Å². The Morgan fingerprint density at radius 2 is 1.78 bits per heavy atom. The van der Waals surface area contributed by atoms with Crippen molar-refractivity contribution in [2.75, 3.05) is 0 Å². The van der Waals surface area contributed by atoms with Crippen LogP contribution < -0.4 is 5.73 Å². The molecule has 8 heteroatoms. The van der Waals surface area contributed by atoms with Crippen molar-refractivity contribution < 1.29 is 27.1 Å². The average molecular weight is 285 g/mol. The molecule has 0 aliphatic rings. The molecule has 0 aromatic heterocycles. The molecule has 1 unspecified atom stereocenters. The molecule has 110 valence electrons. The zero-order valence-electron chi connectivity index (χ0n) is 11.2. The summed E-state index contributed by atoms with van der Waals surface area (Å²) in [6.45, 7) is 7.46. The number of unbranched alkanes of at least 4 members (excludes halogenated alkanes) is 1. The Morgan fingerprint density at radius 1 is 1.39 bits per heavy atom. The van der Waals surface area contributed by atoms with Crippen molar-refractivity contribution in [2.45, 2.75) is 58.6 Å². The lowest BCUT2D eigenvalue weighted by molar-refractivity contribution is -0.153. The minimum Gasteiger partial charge on any atom is -0.462 e. The Labute approximate surface area is 108 Å². The molecule has 0 saturated carbocycles. The van der Waals surface area contributed by atoms with E-state index in [1.54, 1.807) is 6.92 Å². The normalized spacial score (nSPS) is 14.4. The molecule has 0 fully saturated rings. The van der Waals surface area contributed by atoms with Crippen molar-refractivity contribution >= 4 is 16.4 Å². The predicted octanol–water partition coefficient (Wildman–Crippen LogP) is 1.19. The van der Waals surface area contributed by atoms with Gasteiger partial charge in [-0.15, -0.1) is 0 Å². The zero-order chi connectivity index (χ0) is 15.0. The molecular formula is C10H23NO6S. The van der Waals surface area contributed by atoms with Gasteiger partial charge in [0.2, 0.25) is 0 Å². The Balaban J connectivity index is 0. The second kappa shape index (κ2) is 8.41. The summed E-state index contributed by atoms with van der Waals surface area (Å²) >= 11 is 0. The van der Waals surface area contributed by atoms with Gasteiger partial charge in [-0.2, -0.15) is 8.42 Å². The highest BCUT2D eigenvalue weighted by atomic mass is 32.3. The number of nitrogens with two attached hydrogens (primary N) is 1. The number of hydrogen-bond acceptors (Lipinski definition) is 5. The molecule has 0 saturated heterocycles. The van der Waals surface area contributed by atoms with E-state index in [-0.39, 0.29) is 12.1 Å². The first-order valence-corrected chi connectivity index (χ1v) is 6.99. The Bertz CT molecular complexity index is 328. The molecule has 1 atom stereocenters. The second-order valence-corrected chi connectivity index (χ2v) is 5.32. The van der Waals surface area contributed by atoms with Crippen molar-refractivity contribution in [1.82, 2.24) is 0 Å². The van der Waals surface area contributed by atoms with Gasteiger partial charge in [0.15, 0.2) is 0 Å². The summed E-state index contributed by atoms with van der Waals surface area (Å²) in [4.78, 5) is 11.4. The van der Waals surface area contributed by atoms with Gasteiger partial charge in [0.05, 0.1) is 6.10 Å². The molecule has 0 heterocycles. The van der Waals surface area contributed by atoms with E-state index < -0.39 is 15.9 Å². The van der Waals surface area contributed by atoms with E-state index in [1.165, 1.54) is 0 Å². The molecule has 0 aromatic carbocycles. The van der Waals surface area contributed by atoms with Gasteiger partial charge < -0.3 is 10.5 Å². The van der Waals surface area contributed by atoms with Crippen molar-refractivity contribution in [2.24, 2.45) is 5.73 Å². The first-order valence-electron chi connectivity index (χ1n) is 5.60. The van der Waals surface area contributed by atoms with Crippen molar-refractivity contribution in [3.05, 3.63) is 0 Å². The monoisotopic (exact) mass is 285 g/mol. The smallest absolute Gasteiger partial charge is 0.394 e. The van der Waals surface area contributed by atoms with E-state index in [1.807, 2.05) is 13.8 Å². The summed E-state index contributed by atoms with van der Waals surface area (Å²) in [7, 11) is -4.67. The van der Waals surface area contributed by atoms with Crippen LogP contribution in [-0.2, 0) is 19.9 Å². The van der Waals surface area contributed by atoms with Gasteiger partial charge >= 0.3 is 16.4 Å². The van der Waals surface area contributed by atoms with Crippen LogP contribution in [-0.4, -0.2) is 35.1 Å². The third-order valence-electron chi connectivity index (χ3n) is 1.86. The van der Waals surface area contributed by atoms with Gasteiger partial charge in [0.25, 0.3) is 0 Å². The molecule has 0 amide bonds. The fourth-order valence-corrected chi connectivity index (χ4v) is 0.995. The van der Waals surface area contributed by atoms with Gasteiger partial charge in [0, 0.05) is 0 Å². The summed E-state index contributed by atoms with van der Waals surface area (Å²) in [6.07, 6.45) is 2.61. The lowest BCUT2D eigenvalue weighted by Crippen LogP contribution is -2.46. The van der Waals surface area contributed by atoms with Crippen molar-refractivity contribution in [3.8, 4) is 0 Å². The van der Waals surface area contributed by atoms with E-state index in [0.29, 0.717) is 6.42 Å². The van der Waals surface area contributed by atoms with Gasteiger partial charge in [0.1, 0.15) is 5.54 Å². The largest absolute Gasteiger partial charge is 0.462 e. The molecule has 0 aromatic rings. The number of rotatable bonds is 5. The maximum absolute atomic E-state index is 11.4. The van der Waals surface area contributed by atoms with Crippen LogP contribution in [0.15, 0.2) is 0 Å². The first-order chi connectivity index (χ1) is 7.90. The molecular weight excluding hydrogens is 262 g/mol. The Morgan fingerprint density at radius 3 is 2.06 bits per heavy atom. The molecule has 18 heavy (non-hydrogen) atoms. The van der Waals surface area contributed by atoms with Crippen LogP contribution in [0.2, 0.25) is 0 Å². The minimum atomic E-state index is -4.67. The highest BCUT2D eigenvalue weighted by molar-refractivity contribution is 7.79. The van der Waals surface area contributed by atoms with Gasteiger partial charge in [-0.05, 0) is 27.2 Å². The zero-order valence-corrected chi connectivity index (χ0v) is 12.0. The average Bonchev–Trinajstić information content (AvgIpc) is 2.11. The highest BCUT2D eigenvalue weighted by Crippen LogP contribution is 2.13. The number of ether oxygens (including phenoxy) is 1. The molecule has 4 N–H and O–H groups in total. The van der Waals surface area contributed by atoms with Crippen LogP contribution in [0, 0.1) is 0 Å². The van der Waals surface area contributed by atoms with Crippen LogP contribution in [0.3, 0.4) is 0 Å². The summed E-state index contributed by atoms with van der Waals surface area (Å²) < 4.78 is 36.6. The van der Waals surface area contributed by atoms with Gasteiger partial charge in [-0.1, -0.05) is 19.8 Å². The van der Waals surface area contributed by atoms with Crippen molar-refractivity contribution in [3.63, 3.8) is 0 Å². The number of carbonyl (C=O) groups excluding carboxylic acids is 1. The molecule has 7 nitrogen and oxygen atoms in total. The fraction of sp³-hybridized carbons (Fsp3) is 0.900. The molecule has 0 bridgehead atoms. The summed E-state index contributed by atoms with van der Waals surface area (Å²) in [5, 5.41) is 0. The maximum Gasteiger partial charge on any atom is 0.394 e. The fourth-order valence-electron chi connectivity index (χ4n) is 0.995. The number of esters is 1. The van der Waals surface area contributed by atoms with Crippen LogP contribution in [0.25, 0.3) is 0 Å². The SMILES string of the molecule is CCCCC(C)(N)C(=O)OC(C)C.O=S(=O)(O)O. The van der Waals surface area contributed by atoms with Crippen LogP contribution >= 0.6 is 0 Å². The lowest BCUT2D eigenvalue weighted by Gasteiger charge is -2.23. The van der Waals surface area contributed by atoms with E-state index in [4.69, 9.17) is 28.0 Å². The quantitative estimate of drug-likeness (QED) is 0.511. The summed E-state index contributed by atoms with van der Waals surface area (Å²) in [5.41, 5.74) is 5.00. The Hall–Kier alpha value is -0.700. The maximum atomic E-state index is 11.4. The molecule has 0 rings (SSSR count). The third kappa shape index (κ3) is 15.3. The number of hydrogen-bond donors (Lipinski definition) is 3. The van der Waals surface area contributed by atoms with E-state index >= 15 is 0 Å². The van der Waals surface area contributed by atoms with Gasteiger partial charge in [-0.3, -0.25) is 13.9 Å². The lowest BCUT2D eigenvalue weighted by atomic mass is 9.96. The molecule has 0 aliphatic heterocycles. The summed E-state index contributed by atoms with van der Waals surface area (Å²) in [6, 6.07) is 0. The highest BCUT2D eigenvalue weighted by Gasteiger charge is 2.29.